The van der Waals surface area contributed by atoms with Crippen LogP contribution in [0.25, 0.3) is 0 Å². The van der Waals surface area contributed by atoms with Gasteiger partial charge in [-0.3, -0.25) is 14.9 Å². The Hall–Kier alpha value is -3.18. The van der Waals surface area contributed by atoms with Crippen LogP contribution in [0.1, 0.15) is 22.0 Å². The van der Waals surface area contributed by atoms with Gasteiger partial charge in [-0.2, -0.15) is 13.2 Å². The summed E-state index contributed by atoms with van der Waals surface area (Å²) in [5.74, 6) is -3.45. The third-order valence-corrected chi connectivity index (χ3v) is 4.91. The minimum atomic E-state index is -5.43. The Morgan fingerprint density at radius 3 is 2.40 bits per heavy atom. The highest BCUT2D eigenvalue weighted by atomic mass is 35.5. The van der Waals surface area contributed by atoms with E-state index in [2.05, 4.69) is 5.32 Å². The standard InChI is InChI=1S/C18H13ClF3N3O5/c19-11-6-4-9(5-7-11)15(26)13-14(10-2-1-3-12(8-10)25(29)30)23-16(27)24-17(13,28)18(20,21)22/h1-8,13-14,28H,(H2,23,24,27)/t13-,14-,17-/m0/s1. The van der Waals surface area contributed by atoms with Gasteiger partial charge in [0, 0.05) is 22.7 Å². The summed E-state index contributed by atoms with van der Waals surface area (Å²) in [5.41, 5.74) is -4.76. The number of nitro benzene ring substituents is 1. The van der Waals surface area contributed by atoms with E-state index < -0.39 is 46.3 Å². The highest BCUT2D eigenvalue weighted by Crippen LogP contribution is 2.44. The number of benzene rings is 2. The second-order valence-corrected chi connectivity index (χ2v) is 6.98. The first-order valence-corrected chi connectivity index (χ1v) is 8.74. The molecule has 1 heterocycles. The van der Waals surface area contributed by atoms with Crippen LogP contribution >= 0.6 is 11.6 Å². The lowest BCUT2D eigenvalue weighted by Gasteiger charge is -2.45. The summed E-state index contributed by atoms with van der Waals surface area (Å²) in [5, 5.41) is 25.3. The van der Waals surface area contributed by atoms with Crippen molar-refractivity contribution in [3.8, 4) is 0 Å². The number of rotatable bonds is 4. The summed E-state index contributed by atoms with van der Waals surface area (Å²) >= 11 is 5.75. The van der Waals surface area contributed by atoms with E-state index in [0.717, 1.165) is 12.1 Å². The van der Waals surface area contributed by atoms with E-state index in [-0.39, 0.29) is 16.1 Å². The van der Waals surface area contributed by atoms with Crippen LogP contribution in [0, 0.1) is 16.0 Å². The zero-order valence-electron chi connectivity index (χ0n) is 14.8. The maximum atomic E-state index is 13.8. The number of halogens is 4. The Balaban J connectivity index is 2.18. The lowest BCUT2D eigenvalue weighted by atomic mass is 9.77. The van der Waals surface area contributed by atoms with Gasteiger partial charge in [0.05, 0.1) is 11.0 Å². The number of nitrogens with zero attached hydrogens (tertiary/aromatic N) is 1. The van der Waals surface area contributed by atoms with Crippen molar-refractivity contribution in [3.63, 3.8) is 0 Å². The first-order valence-electron chi connectivity index (χ1n) is 8.36. The lowest BCUT2D eigenvalue weighted by molar-refractivity contribution is -0.385. The second kappa shape index (κ2) is 7.58. The molecule has 12 heteroatoms. The molecule has 2 aromatic carbocycles. The van der Waals surface area contributed by atoms with Crippen molar-refractivity contribution >= 4 is 29.1 Å². The molecule has 1 aliphatic rings. The number of hydrogen-bond acceptors (Lipinski definition) is 5. The van der Waals surface area contributed by atoms with Crippen LogP contribution in [0.15, 0.2) is 48.5 Å². The van der Waals surface area contributed by atoms with Crippen molar-refractivity contribution in [2.75, 3.05) is 0 Å². The molecule has 2 amide bonds. The number of non-ortho nitro benzene ring substituents is 1. The molecule has 0 bridgehead atoms. The average Bonchev–Trinajstić information content (AvgIpc) is 2.66. The molecule has 2 aromatic rings. The van der Waals surface area contributed by atoms with Crippen molar-refractivity contribution in [1.29, 1.82) is 0 Å². The quantitative estimate of drug-likeness (QED) is 0.380. The van der Waals surface area contributed by atoms with Crippen molar-refractivity contribution < 1.29 is 32.8 Å². The van der Waals surface area contributed by atoms with Crippen LogP contribution in [0.5, 0.6) is 0 Å². The number of amides is 2. The molecule has 3 rings (SSSR count). The van der Waals surface area contributed by atoms with E-state index in [1.807, 2.05) is 0 Å². The van der Waals surface area contributed by atoms with Gasteiger partial charge in [-0.05, 0) is 29.8 Å². The smallest absolute Gasteiger partial charge is 0.363 e. The van der Waals surface area contributed by atoms with Gasteiger partial charge < -0.3 is 15.7 Å². The van der Waals surface area contributed by atoms with Gasteiger partial charge >= 0.3 is 12.2 Å². The molecule has 3 atom stereocenters. The summed E-state index contributed by atoms with van der Waals surface area (Å²) in [6.45, 7) is 0. The van der Waals surface area contributed by atoms with Crippen LogP contribution in [-0.4, -0.2) is 33.7 Å². The lowest BCUT2D eigenvalue weighted by Crippen LogP contribution is -2.72. The van der Waals surface area contributed by atoms with E-state index >= 15 is 0 Å². The number of hydrogen-bond donors (Lipinski definition) is 3. The number of aliphatic hydroxyl groups is 1. The molecule has 158 valence electrons. The zero-order valence-corrected chi connectivity index (χ0v) is 15.6. The molecule has 0 unspecified atom stereocenters. The Morgan fingerprint density at radius 1 is 1.20 bits per heavy atom. The molecule has 0 spiro atoms. The van der Waals surface area contributed by atoms with E-state index in [0.29, 0.717) is 0 Å². The summed E-state index contributed by atoms with van der Waals surface area (Å²) in [6.07, 6.45) is -5.43. The third-order valence-electron chi connectivity index (χ3n) is 4.66. The summed E-state index contributed by atoms with van der Waals surface area (Å²) < 4.78 is 41.4. The molecule has 0 aromatic heterocycles. The molecule has 3 N–H and O–H groups in total. The first-order chi connectivity index (χ1) is 13.9. The van der Waals surface area contributed by atoms with Gasteiger partial charge in [0.15, 0.2) is 5.78 Å². The fourth-order valence-electron chi connectivity index (χ4n) is 3.24. The van der Waals surface area contributed by atoms with E-state index in [9.17, 15) is 38.0 Å². The first kappa shape index (κ1) is 21.5. The van der Waals surface area contributed by atoms with Crippen molar-refractivity contribution in [3.05, 3.63) is 74.8 Å². The van der Waals surface area contributed by atoms with E-state index in [1.165, 1.54) is 41.7 Å². The predicted octanol–water partition coefficient (Wildman–Crippen LogP) is 3.35. The molecule has 0 saturated carbocycles. The molecular formula is C18H13ClF3N3O5. The molecule has 1 saturated heterocycles. The Labute approximate surface area is 171 Å². The van der Waals surface area contributed by atoms with Crippen LogP contribution in [0.4, 0.5) is 23.7 Å². The number of nitro groups is 1. The van der Waals surface area contributed by atoms with Crippen molar-refractivity contribution in [1.82, 2.24) is 10.6 Å². The minimum Gasteiger partial charge on any atom is -0.363 e. The van der Waals surface area contributed by atoms with Gasteiger partial charge in [0.25, 0.3) is 5.69 Å². The second-order valence-electron chi connectivity index (χ2n) is 6.54. The SMILES string of the molecule is O=C1N[C@@H](c2cccc([N+](=O)[O-])c2)[C@@H](C(=O)c2ccc(Cl)cc2)[C@](O)(C(F)(F)F)N1. The summed E-state index contributed by atoms with van der Waals surface area (Å²) in [7, 11) is 0. The number of urea groups is 1. The van der Waals surface area contributed by atoms with Crippen LogP contribution in [0.2, 0.25) is 5.02 Å². The van der Waals surface area contributed by atoms with Gasteiger partial charge in [0.1, 0.15) is 5.92 Å². The van der Waals surface area contributed by atoms with Gasteiger partial charge in [-0.1, -0.05) is 23.7 Å². The number of ketones is 1. The minimum absolute atomic E-state index is 0.158. The number of carbonyl (C=O) groups is 2. The average molecular weight is 444 g/mol. The molecular weight excluding hydrogens is 431 g/mol. The number of nitrogens with one attached hydrogen (secondary N) is 2. The Kier molecular flexibility index (Phi) is 5.44. The topological polar surface area (TPSA) is 122 Å². The highest BCUT2D eigenvalue weighted by molar-refractivity contribution is 6.30. The maximum Gasteiger partial charge on any atom is 0.437 e. The van der Waals surface area contributed by atoms with Gasteiger partial charge in [-0.15, -0.1) is 0 Å². The van der Waals surface area contributed by atoms with E-state index in [4.69, 9.17) is 11.6 Å². The fourth-order valence-corrected chi connectivity index (χ4v) is 3.37. The third kappa shape index (κ3) is 3.81. The number of carbonyl (C=O) groups excluding carboxylic acids is 2. The molecule has 0 radical (unpaired) electrons. The monoisotopic (exact) mass is 443 g/mol. The van der Waals surface area contributed by atoms with Crippen LogP contribution < -0.4 is 10.6 Å². The molecule has 0 aliphatic carbocycles. The van der Waals surface area contributed by atoms with Gasteiger partial charge in [0.2, 0.25) is 5.72 Å². The number of alkyl halides is 3. The van der Waals surface area contributed by atoms with Gasteiger partial charge in [-0.25, -0.2) is 4.79 Å². The maximum absolute atomic E-state index is 13.8. The molecule has 8 nitrogen and oxygen atoms in total. The van der Waals surface area contributed by atoms with Crippen LogP contribution in [-0.2, 0) is 0 Å². The Bertz CT molecular complexity index is 1010. The largest absolute Gasteiger partial charge is 0.437 e. The van der Waals surface area contributed by atoms with E-state index in [1.54, 1.807) is 0 Å². The number of Topliss-reactive ketones (excluding diaryl/α,β-unsaturated/α-hetero) is 1. The fraction of sp³-hybridized carbons (Fsp3) is 0.222. The molecule has 30 heavy (non-hydrogen) atoms. The predicted molar refractivity (Wildman–Crippen MR) is 97.8 cm³/mol. The molecule has 1 aliphatic heterocycles. The van der Waals surface area contributed by atoms with Crippen molar-refractivity contribution in [2.45, 2.75) is 17.9 Å². The van der Waals surface area contributed by atoms with Crippen LogP contribution in [0.3, 0.4) is 0 Å². The highest BCUT2D eigenvalue weighted by Gasteiger charge is 2.66. The zero-order chi connectivity index (χ0) is 22.3. The summed E-state index contributed by atoms with van der Waals surface area (Å²) in [4.78, 5) is 35.3. The summed E-state index contributed by atoms with van der Waals surface area (Å²) in [6, 6.07) is 6.20. The van der Waals surface area contributed by atoms with Crippen molar-refractivity contribution in [2.24, 2.45) is 5.92 Å². The molecule has 1 fully saturated rings. The normalized spacial score (nSPS) is 24.0. The Morgan fingerprint density at radius 2 is 1.83 bits per heavy atom.